The second kappa shape index (κ2) is 8.30. The van der Waals surface area contributed by atoms with Crippen molar-refractivity contribution in [1.29, 1.82) is 0 Å². The number of hydrogen-bond donors (Lipinski definition) is 5. The van der Waals surface area contributed by atoms with Gasteiger partial charge in [0.1, 0.15) is 5.69 Å². The van der Waals surface area contributed by atoms with Crippen molar-refractivity contribution < 1.29 is 14.3 Å². The first-order valence-corrected chi connectivity index (χ1v) is 12.0. The van der Waals surface area contributed by atoms with Crippen molar-refractivity contribution >= 4 is 60.6 Å². The minimum Gasteiger partial charge on any atom is -0.351 e. The Morgan fingerprint density at radius 3 is 2.73 bits per heavy atom. The molecule has 1 aliphatic carbocycles. The van der Waals surface area contributed by atoms with Crippen LogP contribution in [0, 0.1) is 0 Å². The molecule has 2 N–H and O–H groups in total. The second-order valence-electron chi connectivity index (χ2n) is 8.73. The van der Waals surface area contributed by atoms with Crippen molar-refractivity contribution in [2.24, 2.45) is 0 Å². The molecule has 0 unspecified atom stereocenters. The van der Waals surface area contributed by atoms with Crippen LogP contribution >= 0.6 is 37.9 Å². The van der Waals surface area contributed by atoms with Gasteiger partial charge in [0.05, 0.1) is 18.7 Å². The van der Waals surface area contributed by atoms with Crippen molar-refractivity contribution in [2.75, 3.05) is 20.2 Å². The molecule has 8 nitrogen and oxygen atoms in total. The highest BCUT2D eigenvalue weighted by molar-refractivity contribution is 8.16. The van der Waals surface area contributed by atoms with Gasteiger partial charge in [-0.3, -0.25) is 14.7 Å². The Bertz CT molecular complexity index is 1190. The van der Waals surface area contributed by atoms with E-state index in [1.165, 1.54) is 0 Å². The van der Waals surface area contributed by atoms with Gasteiger partial charge in [0.2, 0.25) is 0 Å². The zero-order chi connectivity index (χ0) is 23.4. The number of carbonyl (C=O) groups is 2. The Kier molecular flexibility index (Phi) is 5.71. The molecule has 2 amide bonds. The van der Waals surface area contributed by atoms with Crippen LogP contribution in [-0.2, 0) is 17.7 Å². The lowest BCUT2D eigenvalue weighted by atomic mass is 10.0. The molecule has 1 saturated carbocycles. The Hall–Kier alpha value is -2.08. The number of rotatable bonds is 6. The van der Waals surface area contributed by atoms with Gasteiger partial charge in [0.15, 0.2) is 9.29 Å². The van der Waals surface area contributed by atoms with E-state index in [2.05, 4.69) is 53.1 Å². The maximum Gasteiger partial charge on any atom is 0.274 e. The van der Waals surface area contributed by atoms with Gasteiger partial charge in [-0.05, 0) is 25.0 Å². The summed E-state index contributed by atoms with van der Waals surface area (Å²) < 4.78 is 4.42. The molecular formula is C22H25N5O3S3. The summed E-state index contributed by atoms with van der Waals surface area (Å²) in [4.78, 5) is 33.2. The van der Waals surface area contributed by atoms with Crippen LogP contribution in [0.25, 0.3) is 10.9 Å². The van der Waals surface area contributed by atoms with E-state index in [1.54, 1.807) is 16.8 Å². The van der Waals surface area contributed by atoms with Gasteiger partial charge < -0.3 is 19.5 Å². The van der Waals surface area contributed by atoms with Crippen LogP contribution in [0.4, 0.5) is 0 Å². The van der Waals surface area contributed by atoms with E-state index < -0.39 is 9.14 Å². The smallest absolute Gasteiger partial charge is 0.274 e. The van der Waals surface area contributed by atoms with E-state index in [-0.39, 0.29) is 18.4 Å². The highest BCUT2D eigenvalue weighted by Crippen LogP contribution is 2.44. The Balaban J connectivity index is 1.34. The number of hydrogen-bond acceptors (Lipinski definition) is 7. The molecule has 1 aliphatic heterocycles. The highest BCUT2D eigenvalue weighted by atomic mass is 32.2. The average molecular weight is 504 g/mol. The molecule has 3 aromatic rings. The van der Waals surface area contributed by atoms with Crippen molar-refractivity contribution in [1.82, 2.24) is 25.0 Å². The molecule has 11 heteroatoms. The molecule has 0 atom stereocenters. The molecule has 2 aromatic heterocycles. The number of thiol groups is 3. The summed E-state index contributed by atoms with van der Waals surface area (Å²) in [5.41, 5.74) is 3.05. The van der Waals surface area contributed by atoms with E-state index in [0.717, 1.165) is 35.0 Å². The predicted molar refractivity (Wildman–Crippen MR) is 135 cm³/mol. The number of benzene rings is 1. The maximum absolute atomic E-state index is 13.4. The Morgan fingerprint density at radius 1 is 1.27 bits per heavy atom. The fourth-order valence-electron chi connectivity index (χ4n) is 4.33. The van der Waals surface area contributed by atoms with E-state index in [1.807, 2.05) is 30.3 Å². The van der Waals surface area contributed by atoms with Crippen LogP contribution in [0.5, 0.6) is 0 Å². The van der Waals surface area contributed by atoms with Gasteiger partial charge in [-0.1, -0.05) is 18.2 Å². The Labute approximate surface area is 207 Å². The third-order valence-electron chi connectivity index (χ3n) is 6.56. The van der Waals surface area contributed by atoms with Gasteiger partial charge in [-0.25, -0.2) is 0 Å². The first kappa shape index (κ1) is 22.7. The van der Waals surface area contributed by atoms with Crippen molar-refractivity contribution in [2.45, 2.75) is 34.9 Å². The number of amides is 2. The number of aromatic amines is 2. The number of nitrogens with zero attached hydrogens (tertiary/aromatic N) is 3. The number of likely N-dealkylation sites (N-methyl/N-ethyl adjacent to an activating group) is 1. The molecule has 2 aliphatic rings. The van der Waals surface area contributed by atoms with Crippen LogP contribution < -0.4 is 0 Å². The highest BCUT2D eigenvalue weighted by Gasteiger charge is 2.50. The van der Waals surface area contributed by atoms with Gasteiger partial charge in [0.25, 0.3) is 11.8 Å². The normalized spacial score (nSPS) is 17.2. The number of para-hydroxylation sites is 1. The van der Waals surface area contributed by atoms with Crippen LogP contribution in [0.2, 0.25) is 0 Å². The maximum atomic E-state index is 13.4. The van der Waals surface area contributed by atoms with E-state index in [0.29, 0.717) is 30.9 Å². The minimum absolute atomic E-state index is 0.0930. The summed E-state index contributed by atoms with van der Waals surface area (Å²) >= 11 is 12.5. The number of fused-ring (bicyclic) bond motifs is 2. The largest absolute Gasteiger partial charge is 0.351 e. The lowest BCUT2D eigenvalue weighted by Crippen LogP contribution is -2.44. The SMILES string of the molecule is CN(C(=O)c1n[nH]c2c1CN(C(=O)c1cc3ccccc3[nH]1)CC2)C1(COC(S)(S)S)CC1. The number of nitrogens with one attached hydrogen (secondary N) is 2. The van der Waals surface area contributed by atoms with Crippen molar-refractivity contribution in [3.8, 4) is 0 Å². The molecule has 3 heterocycles. The summed E-state index contributed by atoms with van der Waals surface area (Å²) in [6.45, 7) is 1.16. The van der Waals surface area contributed by atoms with E-state index in [9.17, 15) is 9.59 Å². The zero-order valence-electron chi connectivity index (χ0n) is 18.0. The van der Waals surface area contributed by atoms with Gasteiger partial charge in [0, 0.05) is 42.2 Å². The van der Waals surface area contributed by atoms with Gasteiger partial charge in [-0.2, -0.15) is 5.10 Å². The number of H-pyrrole nitrogens is 2. The first-order chi connectivity index (χ1) is 15.7. The molecule has 1 aromatic carbocycles. The number of ether oxygens (including phenoxy) is 1. The number of carbonyl (C=O) groups excluding carboxylic acids is 2. The summed E-state index contributed by atoms with van der Waals surface area (Å²) in [6.07, 6.45) is 2.25. The molecule has 0 saturated heterocycles. The molecule has 174 valence electrons. The molecule has 33 heavy (non-hydrogen) atoms. The summed E-state index contributed by atoms with van der Waals surface area (Å²) in [5.74, 6) is -0.291. The predicted octanol–water partition coefficient (Wildman–Crippen LogP) is 3.11. The fraction of sp³-hybridized carbons (Fsp3) is 0.409. The van der Waals surface area contributed by atoms with Crippen LogP contribution in [-0.4, -0.2) is 66.1 Å². The van der Waals surface area contributed by atoms with Crippen molar-refractivity contribution in [3.63, 3.8) is 0 Å². The molecule has 1 fully saturated rings. The zero-order valence-corrected chi connectivity index (χ0v) is 20.7. The fourth-order valence-corrected chi connectivity index (χ4v) is 4.52. The van der Waals surface area contributed by atoms with E-state index >= 15 is 0 Å². The Morgan fingerprint density at radius 2 is 2.03 bits per heavy atom. The minimum atomic E-state index is -1.17. The van der Waals surface area contributed by atoms with Gasteiger partial charge in [-0.15, -0.1) is 37.9 Å². The summed E-state index contributed by atoms with van der Waals surface area (Å²) in [6, 6.07) is 9.65. The van der Waals surface area contributed by atoms with Crippen LogP contribution in [0.15, 0.2) is 30.3 Å². The topological polar surface area (TPSA) is 94.3 Å². The molecule has 0 radical (unpaired) electrons. The van der Waals surface area contributed by atoms with E-state index in [4.69, 9.17) is 4.74 Å². The second-order valence-corrected chi connectivity index (χ2v) is 11.7. The van der Waals surface area contributed by atoms with Crippen molar-refractivity contribution in [3.05, 3.63) is 53.0 Å². The van der Waals surface area contributed by atoms with Crippen LogP contribution in [0.1, 0.15) is 45.1 Å². The molecular weight excluding hydrogens is 478 g/mol. The molecule has 5 rings (SSSR count). The average Bonchev–Trinajstić information content (AvgIpc) is 3.27. The molecule has 0 bridgehead atoms. The summed E-state index contributed by atoms with van der Waals surface area (Å²) in [7, 11) is 1.76. The number of aromatic nitrogens is 3. The van der Waals surface area contributed by atoms with Crippen LogP contribution in [0.3, 0.4) is 0 Å². The first-order valence-electron chi connectivity index (χ1n) is 10.7. The third kappa shape index (κ3) is 4.39. The standard InChI is InChI=1S/C22H25N5O3S3/c1-26(21(7-8-21)12-30-22(31,32)33)20(29)18-14-11-27(9-6-16(14)24-25-18)19(28)17-10-13-4-2-3-5-15(13)23-17/h2-5,10,23,31-33H,6-9,11-12H2,1H3,(H,24,25). The quantitative estimate of drug-likeness (QED) is 0.264. The lowest BCUT2D eigenvalue weighted by Gasteiger charge is -2.31. The summed E-state index contributed by atoms with van der Waals surface area (Å²) in [5, 5.41) is 8.31. The monoisotopic (exact) mass is 503 g/mol. The third-order valence-corrected chi connectivity index (χ3v) is 6.95. The van der Waals surface area contributed by atoms with Gasteiger partial charge >= 0.3 is 0 Å². The molecule has 0 spiro atoms. The lowest BCUT2D eigenvalue weighted by molar-refractivity contribution is 0.0451.